The molecule has 4 rings (SSSR count). The van der Waals surface area contributed by atoms with Crippen LogP contribution in [0.2, 0.25) is 0 Å². The molecule has 7 nitrogen and oxygen atoms in total. The van der Waals surface area contributed by atoms with E-state index in [0.29, 0.717) is 17.9 Å². The SMILES string of the molecule is Cl.NC1CCCN(C(=O)c2ccccc2SCc2nnnn2-c2ccccc2)C1. The minimum Gasteiger partial charge on any atom is -0.337 e. The molecule has 152 valence electrons. The smallest absolute Gasteiger partial charge is 0.255 e. The van der Waals surface area contributed by atoms with Crippen LogP contribution in [0.1, 0.15) is 29.0 Å². The molecule has 0 saturated carbocycles. The summed E-state index contributed by atoms with van der Waals surface area (Å²) in [6.07, 6.45) is 1.93. The van der Waals surface area contributed by atoms with Gasteiger partial charge in [0, 0.05) is 24.0 Å². The largest absolute Gasteiger partial charge is 0.337 e. The number of halogens is 1. The van der Waals surface area contributed by atoms with Crippen LogP contribution in [0.5, 0.6) is 0 Å². The third kappa shape index (κ3) is 4.95. The number of tetrazole rings is 1. The van der Waals surface area contributed by atoms with Gasteiger partial charge in [0.05, 0.1) is 17.0 Å². The lowest BCUT2D eigenvalue weighted by atomic mass is 10.1. The quantitative estimate of drug-likeness (QED) is 0.626. The molecular formula is C20H23ClN6OS. The highest BCUT2D eigenvalue weighted by atomic mass is 35.5. The third-order valence-corrected chi connectivity index (χ3v) is 5.82. The second kappa shape index (κ2) is 9.87. The second-order valence-electron chi connectivity index (χ2n) is 6.78. The van der Waals surface area contributed by atoms with Crippen LogP contribution in [0.25, 0.3) is 5.69 Å². The fraction of sp³-hybridized carbons (Fsp3) is 0.300. The number of hydrogen-bond acceptors (Lipinski definition) is 6. The van der Waals surface area contributed by atoms with Gasteiger partial charge in [-0.2, -0.15) is 4.68 Å². The Balaban J connectivity index is 0.00000240. The molecule has 1 aliphatic heterocycles. The van der Waals surface area contributed by atoms with E-state index >= 15 is 0 Å². The first-order valence-corrected chi connectivity index (χ1v) is 10.3. The van der Waals surface area contributed by atoms with Gasteiger partial charge in [0.15, 0.2) is 5.82 Å². The molecule has 2 aromatic carbocycles. The zero-order valence-corrected chi connectivity index (χ0v) is 17.5. The first kappa shape index (κ1) is 21.3. The molecule has 1 amide bonds. The lowest BCUT2D eigenvalue weighted by Crippen LogP contribution is -2.45. The van der Waals surface area contributed by atoms with Crippen LogP contribution in [0.4, 0.5) is 0 Å². The first-order valence-electron chi connectivity index (χ1n) is 9.32. The number of benzene rings is 2. The van der Waals surface area contributed by atoms with Crippen LogP contribution in [0, 0.1) is 0 Å². The summed E-state index contributed by atoms with van der Waals surface area (Å²) in [5.74, 6) is 1.34. The molecule has 29 heavy (non-hydrogen) atoms. The fourth-order valence-electron chi connectivity index (χ4n) is 3.34. The van der Waals surface area contributed by atoms with Crippen molar-refractivity contribution in [1.82, 2.24) is 25.1 Å². The van der Waals surface area contributed by atoms with Gasteiger partial charge in [-0.15, -0.1) is 29.3 Å². The molecular weight excluding hydrogens is 408 g/mol. The van der Waals surface area contributed by atoms with Crippen LogP contribution in [0.3, 0.4) is 0 Å². The number of aromatic nitrogens is 4. The molecule has 0 bridgehead atoms. The maximum Gasteiger partial charge on any atom is 0.255 e. The van der Waals surface area contributed by atoms with E-state index in [1.54, 1.807) is 16.4 Å². The number of piperidine rings is 1. The van der Waals surface area contributed by atoms with Crippen LogP contribution < -0.4 is 5.73 Å². The summed E-state index contributed by atoms with van der Waals surface area (Å²) < 4.78 is 1.72. The summed E-state index contributed by atoms with van der Waals surface area (Å²) in [6, 6.07) is 17.5. The summed E-state index contributed by atoms with van der Waals surface area (Å²) in [5, 5.41) is 12.1. The van der Waals surface area contributed by atoms with Crippen LogP contribution in [-0.2, 0) is 5.75 Å². The molecule has 2 N–H and O–H groups in total. The predicted octanol–water partition coefficient (Wildman–Crippen LogP) is 2.94. The van der Waals surface area contributed by atoms with E-state index in [2.05, 4.69) is 15.5 Å². The molecule has 1 aromatic heterocycles. The van der Waals surface area contributed by atoms with E-state index in [1.807, 2.05) is 59.5 Å². The molecule has 1 fully saturated rings. The Bertz CT molecular complexity index is 951. The number of likely N-dealkylation sites (tertiary alicyclic amines) is 1. The van der Waals surface area contributed by atoms with Gasteiger partial charge in [0.1, 0.15) is 0 Å². The van der Waals surface area contributed by atoms with Crippen LogP contribution in [-0.4, -0.2) is 50.1 Å². The van der Waals surface area contributed by atoms with E-state index in [0.717, 1.165) is 35.8 Å². The van der Waals surface area contributed by atoms with Crippen molar-refractivity contribution in [2.24, 2.45) is 5.73 Å². The maximum absolute atomic E-state index is 13.0. The maximum atomic E-state index is 13.0. The van der Waals surface area contributed by atoms with Gasteiger partial charge in [-0.1, -0.05) is 30.3 Å². The van der Waals surface area contributed by atoms with E-state index in [1.165, 1.54) is 0 Å². The molecule has 9 heteroatoms. The van der Waals surface area contributed by atoms with Crippen LogP contribution in [0.15, 0.2) is 59.5 Å². The Morgan fingerprint density at radius 3 is 2.69 bits per heavy atom. The van der Waals surface area contributed by atoms with Gasteiger partial charge in [-0.3, -0.25) is 4.79 Å². The Kier molecular flexibility index (Phi) is 7.24. The number of carbonyl (C=O) groups is 1. The number of para-hydroxylation sites is 1. The minimum atomic E-state index is 0. The molecule has 1 saturated heterocycles. The molecule has 2 heterocycles. The van der Waals surface area contributed by atoms with E-state index in [4.69, 9.17) is 5.73 Å². The summed E-state index contributed by atoms with van der Waals surface area (Å²) in [5.41, 5.74) is 7.67. The van der Waals surface area contributed by atoms with Crippen molar-refractivity contribution in [2.75, 3.05) is 13.1 Å². The standard InChI is InChI=1S/C20H22N6OS.ClH/c21-15-7-6-12-25(13-15)20(27)17-10-4-5-11-18(17)28-14-19-22-23-24-26(19)16-8-2-1-3-9-16;/h1-5,8-11,15H,6-7,12-14,21H2;1H. The van der Waals surface area contributed by atoms with Crippen molar-refractivity contribution in [3.8, 4) is 5.69 Å². The molecule has 0 radical (unpaired) electrons. The van der Waals surface area contributed by atoms with Crippen molar-refractivity contribution in [3.05, 3.63) is 66.0 Å². The number of hydrogen-bond donors (Lipinski definition) is 1. The zero-order chi connectivity index (χ0) is 19.3. The van der Waals surface area contributed by atoms with Crippen molar-refractivity contribution >= 4 is 30.1 Å². The predicted molar refractivity (Wildman–Crippen MR) is 116 cm³/mol. The van der Waals surface area contributed by atoms with Gasteiger partial charge in [-0.05, 0) is 47.5 Å². The summed E-state index contributed by atoms with van der Waals surface area (Å²) in [4.78, 5) is 15.8. The average Bonchev–Trinajstić information content (AvgIpc) is 3.21. The number of rotatable bonds is 5. The monoisotopic (exact) mass is 430 g/mol. The van der Waals surface area contributed by atoms with Gasteiger partial charge in [0.25, 0.3) is 5.91 Å². The Morgan fingerprint density at radius 2 is 1.90 bits per heavy atom. The molecule has 1 aliphatic rings. The number of carbonyl (C=O) groups excluding carboxylic acids is 1. The van der Waals surface area contributed by atoms with E-state index in [-0.39, 0.29) is 24.4 Å². The average molecular weight is 431 g/mol. The highest BCUT2D eigenvalue weighted by molar-refractivity contribution is 7.98. The number of nitrogens with two attached hydrogens (primary N) is 1. The zero-order valence-electron chi connectivity index (χ0n) is 15.8. The van der Waals surface area contributed by atoms with Gasteiger partial charge >= 0.3 is 0 Å². The number of thioether (sulfide) groups is 1. The summed E-state index contributed by atoms with van der Waals surface area (Å²) >= 11 is 1.56. The normalized spacial score (nSPS) is 16.3. The van der Waals surface area contributed by atoms with Gasteiger partial charge < -0.3 is 10.6 Å². The minimum absolute atomic E-state index is 0. The Hall–Kier alpha value is -2.42. The molecule has 1 atom stereocenters. The Morgan fingerprint density at radius 1 is 1.14 bits per heavy atom. The van der Waals surface area contributed by atoms with E-state index < -0.39 is 0 Å². The lowest BCUT2D eigenvalue weighted by Gasteiger charge is -2.31. The number of nitrogens with zero attached hydrogens (tertiary/aromatic N) is 5. The Labute approximate surface area is 180 Å². The number of amides is 1. The van der Waals surface area contributed by atoms with Gasteiger partial charge in [0.2, 0.25) is 0 Å². The van der Waals surface area contributed by atoms with Crippen molar-refractivity contribution < 1.29 is 4.79 Å². The highest BCUT2D eigenvalue weighted by Crippen LogP contribution is 2.27. The summed E-state index contributed by atoms with van der Waals surface area (Å²) in [7, 11) is 0. The lowest BCUT2D eigenvalue weighted by molar-refractivity contribution is 0.0705. The fourth-order valence-corrected chi connectivity index (χ4v) is 4.29. The highest BCUT2D eigenvalue weighted by Gasteiger charge is 2.24. The second-order valence-corrected chi connectivity index (χ2v) is 7.80. The van der Waals surface area contributed by atoms with Crippen molar-refractivity contribution in [1.29, 1.82) is 0 Å². The summed E-state index contributed by atoms with van der Waals surface area (Å²) in [6.45, 7) is 1.38. The molecule has 0 aliphatic carbocycles. The van der Waals surface area contributed by atoms with E-state index in [9.17, 15) is 4.79 Å². The first-order chi connectivity index (χ1) is 13.7. The van der Waals surface area contributed by atoms with Gasteiger partial charge in [-0.25, -0.2) is 0 Å². The molecule has 1 unspecified atom stereocenters. The van der Waals surface area contributed by atoms with Crippen molar-refractivity contribution in [3.63, 3.8) is 0 Å². The topological polar surface area (TPSA) is 89.9 Å². The molecule has 3 aromatic rings. The van der Waals surface area contributed by atoms with Crippen molar-refractivity contribution in [2.45, 2.75) is 29.5 Å². The molecule has 0 spiro atoms. The van der Waals surface area contributed by atoms with Crippen LogP contribution >= 0.6 is 24.2 Å². The third-order valence-electron chi connectivity index (χ3n) is 4.75.